The first-order valence-electron chi connectivity index (χ1n) is 8.60. The van der Waals surface area contributed by atoms with E-state index in [-0.39, 0.29) is 5.83 Å². The minimum Gasteiger partial charge on any atom is -0.297 e. The van der Waals surface area contributed by atoms with Crippen LogP contribution in [0, 0.1) is 0 Å². The molecular formula is C21H24FN3. The molecule has 4 heteroatoms. The van der Waals surface area contributed by atoms with E-state index in [2.05, 4.69) is 52.2 Å². The number of piperazine rings is 1. The average molecular weight is 337 g/mol. The van der Waals surface area contributed by atoms with Crippen molar-refractivity contribution in [3.05, 3.63) is 78.9 Å². The van der Waals surface area contributed by atoms with E-state index >= 15 is 0 Å². The zero-order valence-electron chi connectivity index (χ0n) is 14.5. The fourth-order valence-corrected chi connectivity index (χ4v) is 3.29. The molecule has 130 valence electrons. The predicted octanol–water partition coefficient (Wildman–Crippen LogP) is 3.95. The number of halogens is 1. The Kier molecular flexibility index (Phi) is 5.74. The van der Waals surface area contributed by atoms with Gasteiger partial charge >= 0.3 is 0 Å². The van der Waals surface area contributed by atoms with Crippen molar-refractivity contribution in [3.63, 3.8) is 0 Å². The highest BCUT2D eigenvalue weighted by molar-refractivity contribution is 5.84. The topological polar surface area (TPSA) is 19.4 Å². The lowest BCUT2D eigenvalue weighted by molar-refractivity contribution is 0.135. The molecule has 3 nitrogen and oxygen atoms in total. The summed E-state index contributed by atoms with van der Waals surface area (Å²) in [4.78, 5) is 8.92. The Balaban J connectivity index is 1.60. The number of allylic oxidation sites excluding steroid dienone is 2. The van der Waals surface area contributed by atoms with E-state index in [0.717, 1.165) is 32.7 Å². The van der Waals surface area contributed by atoms with Gasteiger partial charge in [0.05, 0.1) is 0 Å². The Morgan fingerprint density at radius 1 is 1.16 bits per heavy atom. The largest absolute Gasteiger partial charge is 0.297 e. The van der Waals surface area contributed by atoms with Crippen molar-refractivity contribution in [2.75, 3.05) is 32.7 Å². The molecule has 0 aliphatic carbocycles. The Morgan fingerprint density at radius 3 is 2.64 bits per heavy atom. The normalized spacial score (nSPS) is 16.9. The summed E-state index contributed by atoms with van der Waals surface area (Å²) in [5.41, 5.74) is 1.95. The second-order valence-electron chi connectivity index (χ2n) is 6.40. The summed E-state index contributed by atoms with van der Waals surface area (Å²) in [7, 11) is 0. The lowest BCUT2D eigenvalue weighted by Gasteiger charge is -2.35. The van der Waals surface area contributed by atoms with Gasteiger partial charge in [-0.2, -0.15) is 0 Å². The molecule has 0 radical (unpaired) electrons. The van der Waals surface area contributed by atoms with Crippen LogP contribution < -0.4 is 0 Å². The van der Waals surface area contributed by atoms with E-state index in [4.69, 9.17) is 0 Å². The summed E-state index contributed by atoms with van der Waals surface area (Å²) < 4.78 is 13.5. The van der Waals surface area contributed by atoms with Crippen molar-refractivity contribution < 1.29 is 4.39 Å². The van der Waals surface area contributed by atoms with Gasteiger partial charge in [-0.1, -0.05) is 43.5 Å². The highest BCUT2D eigenvalue weighted by Gasteiger charge is 2.19. The van der Waals surface area contributed by atoms with Crippen LogP contribution in [0.2, 0.25) is 0 Å². The van der Waals surface area contributed by atoms with Gasteiger partial charge in [-0.05, 0) is 17.0 Å². The van der Waals surface area contributed by atoms with Crippen molar-refractivity contribution in [2.24, 2.45) is 0 Å². The molecule has 0 spiro atoms. The number of hydrogen-bond acceptors (Lipinski definition) is 3. The SMILES string of the molecule is C=C/C=C(/CN1CCN(Cc2cccc3cnccc23)CC1)C(=C)F. The van der Waals surface area contributed by atoms with Crippen LogP contribution in [0.5, 0.6) is 0 Å². The third-order valence-electron chi connectivity index (χ3n) is 4.69. The van der Waals surface area contributed by atoms with Crippen LogP contribution in [-0.2, 0) is 6.54 Å². The molecule has 25 heavy (non-hydrogen) atoms. The molecule has 3 rings (SSSR count). The summed E-state index contributed by atoms with van der Waals surface area (Å²) in [5, 5.41) is 2.45. The maximum atomic E-state index is 13.5. The van der Waals surface area contributed by atoms with E-state index in [1.165, 1.54) is 16.3 Å². The standard InChI is InChI=1S/C21H24FN3/c1-3-5-19(17(2)22)15-24-10-12-25(13-11-24)16-20-7-4-6-18-14-23-9-8-21(18)20/h3-9,14H,1-2,10-13,15-16H2/b19-5-. The molecule has 0 atom stereocenters. The molecule has 0 amide bonds. The quantitative estimate of drug-likeness (QED) is 0.744. The van der Waals surface area contributed by atoms with Crippen LogP contribution in [0.1, 0.15) is 5.56 Å². The van der Waals surface area contributed by atoms with Gasteiger partial charge in [0, 0.05) is 62.6 Å². The van der Waals surface area contributed by atoms with E-state index < -0.39 is 0 Å². The van der Waals surface area contributed by atoms with Gasteiger partial charge in [-0.3, -0.25) is 14.8 Å². The molecule has 1 aromatic carbocycles. The van der Waals surface area contributed by atoms with Gasteiger partial charge in [-0.15, -0.1) is 0 Å². The van der Waals surface area contributed by atoms with Gasteiger partial charge in [0.15, 0.2) is 0 Å². The number of aromatic nitrogens is 1. The summed E-state index contributed by atoms with van der Waals surface area (Å²) >= 11 is 0. The average Bonchev–Trinajstić information content (AvgIpc) is 2.63. The van der Waals surface area contributed by atoms with E-state index in [1.54, 1.807) is 12.2 Å². The van der Waals surface area contributed by atoms with Crippen molar-refractivity contribution >= 4 is 10.8 Å². The molecular weight excluding hydrogens is 313 g/mol. The van der Waals surface area contributed by atoms with Gasteiger partial charge in [0.2, 0.25) is 0 Å². The summed E-state index contributed by atoms with van der Waals surface area (Å²) in [6, 6.07) is 8.46. The molecule has 1 fully saturated rings. The second kappa shape index (κ2) is 8.19. The van der Waals surface area contributed by atoms with Gasteiger partial charge in [0.25, 0.3) is 0 Å². The summed E-state index contributed by atoms with van der Waals surface area (Å²) in [5.74, 6) is -0.369. The first-order chi connectivity index (χ1) is 12.2. The van der Waals surface area contributed by atoms with Crippen molar-refractivity contribution in [1.82, 2.24) is 14.8 Å². The van der Waals surface area contributed by atoms with Crippen LogP contribution in [0.3, 0.4) is 0 Å². The Morgan fingerprint density at radius 2 is 1.92 bits per heavy atom. The Labute approximate surface area is 148 Å². The highest BCUT2D eigenvalue weighted by atomic mass is 19.1. The van der Waals surface area contributed by atoms with Gasteiger partial charge in [0.1, 0.15) is 5.83 Å². The molecule has 0 unspecified atom stereocenters. The monoisotopic (exact) mass is 337 g/mol. The maximum absolute atomic E-state index is 13.5. The number of fused-ring (bicyclic) bond motifs is 1. The number of benzene rings is 1. The van der Waals surface area contributed by atoms with Crippen LogP contribution in [0.25, 0.3) is 10.8 Å². The van der Waals surface area contributed by atoms with Gasteiger partial charge < -0.3 is 0 Å². The molecule has 2 heterocycles. The molecule has 1 aliphatic heterocycles. The number of pyridine rings is 1. The van der Waals surface area contributed by atoms with Crippen LogP contribution >= 0.6 is 0 Å². The fraction of sp³-hybridized carbons (Fsp3) is 0.286. The Hall–Kier alpha value is -2.30. The van der Waals surface area contributed by atoms with Crippen LogP contribution in [0.15, 0.2) is 73.4 Å². The molecule has 1 aromatic heterocycles. The molecule has 1 saturated heterocycles. The zero-order chi connectivity index (χ0) is 17.6. The first kappa shape index (κ1) is 17.5. The second-order valence-corrected chi connectivity index (χ2v) is 6.40. The lowest BCUT2D eigenvalue weighted by Crippen LogP contribution is -2.46. The molecule has 1 aliphatic rings. The van der Waals surface area contributed by atoms with E-state index in [0.29, 0.717) is 12.1 Å². The van der Waals surface area contributed by atoms with Gasteiger partial charge in [-0.25, -0.2) is 4.39 Å². The van der Waals surface area contributed by atoms with Crippen molar-refractivity contribution in [1.29, 1.82) is 0 Å². The van der Waals surface area contributed by atoms with Crippen LogP contribution in [0.4, 0.5) is 4.39 Å². The third kappa shape index (κ3) is 4.41. The number of nitrogens with zero attached hydrogens (tertiary/aromatic N) is 3. The van der Waals surface area contributed by atoms with Crippen molar-refractivity contribution in [2.45, 2.75) is 6.54 Å². The molecule has 0 bridgehead atoms. The van der Waals surface area contributed by atoms with E-state index in [1.807, 2.05) is 12.4 Å². The first-order valence-corrected chi connectivity index (χ1v) is 8.60. The summed E-state index contributed by atoms with van der Waals surface area (Å²) in [6.45, 7) is 12.4. The molecule has 0 N–H and O–H groups in total. The van der Waals surface area contributed by atoms with Crippen LogP contribution in [-0.4, -0.2) is 47.5 Å². The van der Waals surface area contributed by atoms with E-state index in [9.17, 15) is 4.39 Å². The maximum Gasteiger partial charge on any atom is 0.120 e. The summed E-state index contributed by atoms with van der Waals surface area (Å²) in [6.07, 6.45) is 7.08. The third-order valence-corrected chi connectivity index (χ3v) is 4.69. The zero-order valence-corrected chi connectivity index (χ0v) is 14.5. The molecule has 2 aromatic rings. The highest BCUT2D eigenvalue weighted by Crippen LogP contribution is 2.20. The lowest BCUT2D eigenvalue weighted by atomic mass is 10.1. The molecule has 0 saturated carbocycles. The predicted molar refractivity (Wildman–Crippen MR) is 102 cm³/mol. The van der Waals surface area contributed by atoms with Crippen molar-refractivity contribution in [3.8, 4) is 0 Å². The smallest absolute Gasteiger partial charge is 0.120 e. The Bertz CT molecular complexity index is 783. The fourth-order valence-electron chi connectivity index (χ4n) is 3.29. The number of rotatable bonds is 6. The minimum absolute atomic E-state index is 0.369. The number of hydrogen-bond donors (Lipinski definition) is 0. The minimum atomic E-state index is -0.369.